The van der Waals surface area contributed by atoms with E-state index >= 15 is 0 Å². The zero-order chi connectivity index (χ0) is 6.97. The third kappa shape index (κ3) is 0.710. The summed E-state index contributed by atoms with van der Waals surface area (Å²) in [7, 11) is 1.66. The second kappa shape index (κ2) is 2.02. The molecule has 1 N–H and O–H groups in total. The topological polar surface area (TPSA) is 29.5 Å². The molecule has 0 atom stereocenters. The lowest BCUT2D eigenvalue weighted by atomic mass is 9.87. The lowest BCUT2D eigenvalue weighted by molar-refractivity contribution is 0.337. The summed E-state index contributed by atoms with van der Waals surface area (Å²) in [4.78, 5) is 0. The van der Waals surface area contributed by atoms with Gasteiger partial charge in [0.05, 0.1) is 6.61 Å². The van der Waals surface area contributed by atoms with Gasteiger partial charge in [-0.25, -0.2) is 0 Å². The Balaban J connectivity index is 2.59. The van der Waals surface area contributed by atoms with Gasteiger partial charge in [-0.1, -0.05) is 12.1 Å². The summed E-state index contributed by atoms with van der Waals surface area (Å²) < 4.78 is 5.01. The lowest BCUT2D eigenvalue weighted by Crippen LogP contribution is -2.10. The normalized spacial score (nSPS) is 14.4. The number of hydrogen-bond acceptors (Lipinski definition) is 2. The molecular weight excluding hydrogens is 127 g/mol. The Hall–Kier alpha value is -0.955. The van der Waals surface area contributed by atoms with Gasteiger partial charge in [-0.2, -0.15) is 0 Å². The van der Waals surface area contributed by atoms with Crippen LogP contribution in [0.15, 0.2) is 18.2 Å². The summed E-state index contributed by atoms with van der Waals surface area (Å²) in [5, 5.41) is 9.23. The van der Waals surface area contributed by atoms with Crippen molar-refractivity contribution in [2.45, 2.75) is 6.61 Å². The molecule has 1 aliphatic heterocycles. The first-order valence-electron chi connectivity index (χ1n) is 3.13. The smallest absolute Gasteiger partial charge is 0.330 e. The largest absolute Gasteiger partial charge is 0.508 e. The van der Waals surface area contributed by atoms with Crippen LogP contribution in [0.1, 0.15) is 5.56 Å². The molecule has 49 valence electrons. The van der Waals surface area contributed by atoms with Gasteiger partial charge in [0.15, 0.2) is 0 Å². The van der Waals surface area contributed by atoms with Crippen LogP contribution in [0.4, 0.5) is 0 Å². The fourth-order valence-electron chi connectivity index (χ4n) is 1.07. The standard InChI is InChI=1S/C7H6BO2/c9-7-3-1-2-6-5(7)4-10-8-6/h1-3,9H,4H2. The SMILES string of the molecule is Oc1cccc2c1CO[B]2. The van der Waals surface area contributed by atoms with Gasteiger partial charge in [-0.05, 0) is 11.5 Å². The monoisotopic (exact) mass is 133 g/mol. The average Bonchev–Trinajstić information content (AvgIpc) is 2.36. The van der Waals surface area contributed by atoms with Crippen LogP contribution in [-0.2, 0) is 11.3 Å². The van der Waals surface area contributed by atoms with E-state index in [0.29, 0.717) is 12.4 Å². The highest BCUT2D eigenvalue weighted by Crippen LogP contribution is 2.17. The van der Waals surface area contributed by atoms with E-state index in [9.17, 15) is 5.11 Å². The maximum Gasteiger partial charge on any atom is 0.330 e. The molecule has 1 heterocycles. The van der Waals surface area contributed by atoms with E-state index in [1.807, 2.05) is 6.07 Å². The van der Waals surface area contributed by atoms with Crippen LogP contribution < -0.4 is 5.46 Å². The van der Waals surface area contributed by atoms with E-state index in [4.69, 9.17) is 4.65 Å². The first-order chi connectivity index (χ1) is 4.88. The predicted octanol–water partition coefficient (Wildman–Crippen LogP) is 0.167. The van der Waals surface area contributed by atoms with Gasteiger partial charge < -0.3 is 9.76 Å². The third-order valence-electron chi connectivity index (χ3n) is 1.63. The Kier molecular flexibility index (Phi) is 1.17. The van der Waals surface area contributed by atoms with Gasteiger partial charge in [-0.15, -0.1) is 0 Å². The first-order valence-corrected chi connectivity index (χ1v) is 3.13. The minimum atomic E-state index is 0.325. The van der Waals surface area contributed by atoms with Gasteiger partial charge >= 0.3 is 7.48 Å². The Bertz CT molecular complexity index is 260. The summed E-state index contributed by atoms with van der Waals surface area (Å²) in [6, 6.07) is 5.39. The molecule has 1 radical (unpaired) electrons. The van der Waals surface area contributed by atoms with E-state index < -0.39 is 0 Å². The van der Waals surface area contributed by atoms with Crippen LogP contribution in [0, 0.1) is 0 Å². The second-order valence-electron chi connectivity index (χ2n) is 2.27. The molecule has 10 heavy (non-hydrogen) atoms. The average molecular weight is 133 g/mol. The molecule has 1 aromatic rings. The van der Waals surface area contributed by atoms with Crippen molar-refractivity contribution in [3.8, 4) is 5.75 Å². The van der Waals surface area contributed by atoms with E-state index in [1.54, 1.807) is 19.6 Å². The van der Waals surface area contributed by atoms with Gasteiger partial charge in [-0.3, -0.25) is 0 Å². The maximum absolute atomic E-state index is 9.23. The molecule has 2 rings (SSSR count). The van der Waals surface area contributed by atoms with Gasteiger partial charge in [0, 0.05) is 5.56 Å². The van der Waals surface area contributed by atoms with Crippen molar-refractivity contribution in [1.29, 1.82) is 0 Å². The molecule has 2 nitrogen and oxygen atoms in total. The van der Waals surface area contributed by atoms with E-state index in [1.165, 1.54) is 0 Å². The second-order valence-corrected chi connectivity index (χ2v) is 2.27. The highest BCUT2D eigenvalue weighted by molar-refractivity contribution is 6.49. The van der Waals surface area contributed by atoms with Gasteiger partial charge in [0.2, 0.25) is 0 Å². The highest BCUT2D eigenvalue weighted by atomic mass is 16.4. The Morgan fingerprint density at radius 1 is 1.50 bits per heavy atom. The highest BCUT2D eigenvalue weighted by Gasteiger charge is 2.15. The summed E-state index contributed by atoms with van der Waals surface area (Å²) in [6.45, 7) is 0.502. The number of phenols is 1. The molecule has 0 bridgehead atoms. The number of hydrogen-bond donors (Lipinski definition) is 1. The lowest BCUT2D eigenvalue weighted by Gasteiger charge is -1.97. The molecule has 0 aromatic heterocycles. The van der Waals surface area contributed by atoms with Crippen molar-refractivity contribution >= 4 is 12.9 Å². The summed E-state index contributed by atoms with van der Waals surface area (Å²) >= 11 is 0. The van der Waals surface area contributed by atoms with Crippen LogP contribution in [-0.4, -0.2) is 12.6 Å². The van der Waals surface area contributed by atoms with Gasteiger partial charge in [0.25, 0.3) is 0 Å². The molecular formula is C7H6BO2. The summed E-state index contributed by atoms with van der Waals surface area (Å²) in [5.74, 6) is 0.325. The molecule has 1 aliphatic rings. The first kappa shape index (κ1) is 5.80. The molecule has 0 amide bonds. The number of fused-ring (bicyclic) bond motifs is 1. The van der Waals surface area contributed by atoms with Crippen LogP contribution in [0.3, 0.4) is 0 Å². The number of benzene rings is 1. The molecule has 0 fully saturated rings. The fraction of sp³-hybridized carbons (Fsp3) is 0.143. The van der Waals surface area contributed by atoms with Crippen molar-refractivity contribution < 1.29 is 9.76 Å². The third-order valence-corrected chi connectivity index (χ3v) is 1.63. The van der Waals surface area contributed by atoms with Gasteiger partial charge in [0.1, 0.15) is 5.75 Å². The molecule has 0 saturated heterocycles. The van der Waals surface area contributed by atoms with E-state index in [2.05, 4.69) is 0 Å². The van der Waals surface area contributed by atoms with Crippen molar-refractivity contribution in [3.63, 3.8) is 0 Å². The molecule has 0 saturated carbocycles. The molecule has 1 aromatic carbocycles. The number of aromatic hydroxyl groups is 1. The van der Waals surface area contributed by atoms with E-state index in [0.717, 1.165) is 11.0 Å². The molecule has 0 spiro atoms. The van der Waals surface area contributed by atoms with Crippen LogP contribution in [0.5, 0.6) is 5.75 Å². The van der Waals surface area contributed by atoms with Crippen molar-refractivity contribution in [3.05, 3.63) is 23.8 Å². The van der Waals surface area contributed by atoms with Crippen LogP contribution in [0.2, 0.25) is 0 Å². The van der Waals surface area contributed by atoms with Crippen LogP contribution >= 0.6 is 0 Å². The molecule has 0 aliphatic carbocycles. The minimum absolute atomic E-state index is 0.325. The van der Waals surface area contributed by atoms with E-state index in [-0.39, 0.29) is 0 Å². The fourth-order valence-corrected chi connectivity index (χ4v) is 1.07. The number of rotatable bonds is 0. The Morgan fingerprint density at radius 3 is 3.20 bits per heavy atom. The summed E-state index contributed by atoms with van der Waals surface area (Å²) in [5.41, 5.74) is 1.88. The van der Waals surface area contributed by atoms with Crippen molar-refractivity contribution in [2.24, 2.45) is 0 Å². The quantitative estimate of drug-likeness (QED) is 0.511. The summed E-state index contributed by atoms with van der Waals surface area (Å²) in [6.07, 6.45) is 0. The number of phenolic OH excluding ortho intramolecular Hbond substituents is 1. The Morgan fingerprint density at radius 2 is 2.40 bits per heavy atom. The van der Waals surface area contributed by atoms with Crippen molar-refractivity contribution in [2.75, 3.05) is 0 Å². The maximum atomic E-state index is 9.23. The predicted molar refractivity (Wildman–Crippen MR) is 38.3 cm³/mol. The zero-order valence-corrected chi connectivity index (χ0v) is 5.37. The molecule has 3 heteroatoms. The van der Waals surface area contributed by atoms with Crippen molar-refractivity contribution in [1.82, 2.24) is 0 Å². The zero-order valence-electron chi connectivity index (χ0n) is 5.37. The minimum Gasteiger partial charge on any atom is -0.508 e. The molecule has 0 unspecified atom stereocenters. The van der Waals surface area contributed by atoms with Crippen LogP contribution in [0.25, 0.3) is 0 Å². The Labute approximate surface area is 59.7 Å².